The van der Waals surface area contributed by atoms with E-state index < -0.39 is 23.2 Å². The maximum atomic E-state index is 12.7. The SMILES string of the molecule is CC1(C)[C@H](C(=O)O)[C@@H]1C(=O)NCCOc1ccc(F)cc1. The molecule has 0 spiro atoms. The van der Waals surface area contributed by atoms with Gasteiger partial charge in [-0.2, -0.15) is 0 Å². The topological polar surface area (TPSA) is 75.6 Å². The number of carboxylic acid groups (broad SMARTS) is 1. The van der Waals surface area contributed by atoms with Crippen LogP contribution >= 0.6 is 0 Å². The van der Waals surface area contributed by atoms with Crippen molar-refractivity contribution in [2.45, 2.75) is 13.8 Å². The summed E-state index contributed by atoms with van der Waals surface area (Å²) in [6, 6.07) is 5.58. The normalized spacial score (nSPS) is 22.4. The number of hydrogen-bond donors (Lipinski definition) is 2. The standard InChI is InChI=1S/C15H18FNO4/c1-15(2)11(12(15)14(19)20)13(18)17-7-8-21-10-5-3-9(16)4-6-10/h3-6,11-12H,7-8H2,1-2H3,(H,17,18)(H,19,20)/t11-,12+/m1/s1. The Kier molecular flexibility index (Phi) is 4.16. The fourth-order valence-corrected chi connectivity index (χ4v) is 2.57. The van der Waals surface area contributed by atoms with Gasteiger partial charge in [-0.15, -0.1) is 0 Å². The summed E-state index contributed by atoms with van der Waals surface area (Å²) in [4.78, 5) is 22.9. The van der Waals surface area contributed by atoms with Gasteiger partial charge in [0.1, 0.15) is 18.2 Å². The fraction of sp³-hybridized carbons (Fsp3) is 0.467. The first-order chi connectivity index (χ1) is 9.84. The molecule has 0 saturated heterocycles. The average Bonchev–Trinajstić information content (AvgIpc) is 3.00. The minimum atomic E-state index is -0.942. The van der Waals surface area contributed by atoms with Crippen molar-refractivity contribution in [1.82, 2.24) is 5.32 Å². The first-order valence-electron chi connectivity index (χ1n) is 6.73. The van der Waals surface area contributed by atoms with Crippen LogP contribution in [0.5, 0.6) is 5.75 Å². The molecule has 21 heavy (non-hydrogen) atoms. The van der Waals surface area contributed by atoms with Gasteiger partial charge in [-0.25, -0.2) is 4.39 Å². The number of ether oxygens (including phenoxy) is 1. The van der Waals surface area contributed by atoms with E-state index in [2.05, 4.69) is 5.32 Å². The molecule has 0 aromatic heterocycles. The second-order valence-corrected chi connectivity index (χ2v) is 5.71. The highest BCUT2D eigenvalue weighted by Crippen LogP contribution is 2.58. The van der Waals surface area contributed by atoms with Gasteiger partial charge in [0.15, 0.2) is 0 Å². The summed E-state index contributed by atoms with van der Waals surface area (Å²) >= 11 is 0. The molecule has 2 N–H and O–H groups in total. The van der Waals surface area contributed by atoms with E-state index in [9.17, 15) is 14.0 Å². The number of hydrogen-bond acceptors (Lipinski definition) is 3. The summed E-state index contributed by atoms with van der Waals surface area (Å²) in [6.45, 7) is 4.05. The second-order valence-electron chi connectivity index (χ2n) is 5.71. The van der Waals surface area contributed by atoms with Crippen molar-refractivity contribution in [2.24, 2.45) is 17.3 Å². The molecule has 2 rings (SSSR count). The molecule has 0 radical (unpaired) electrons. The van der Waals surface area contributed by atoms with Gasteiger partial charge >= 0.3 is 5.97 Å². The van der Waals surface area contributed by atoms with Gasteiger partial charge < -0.3 is 15.2 Å². The molecular weight excluding hydrogens is 277 g/mol. The molecule has 1 saturated carbocycles. The molecule has 1 aliphatic carbocycles. The number of nitrogens with one attached hydrogen (secondary N) is 1. The smallest absolute Gasteiger partial charge is 0.307 e. The zero-order valence-electron chi connectivity index (χ0n) is 11.9. The predicted octanol–water partition coefficient (Wildman–Crippen LogP) is 1.68. The predicted molar refractivity (Wildman–Crippen MR) is 73.3 cm³/mol. The largest absolute Gasteiger partial charge is 0.492 e. The van der Waals surface area contributed by atoms with E-state index in [0.717, 1.165) is 0 Å². The van der Waals surface area contributed by atoms with Crippen LogP contribution in [0.15, 0.2) is 24.3 Å². The Morgan fingerprint density at radius 3 is 2.43 bits per heavy atom. The van der Waals surface area contributed by atoms with Gasteiger partial charge in [-0.3, -0.25) is 9.59 Å². The van der Waals surface area contributed by atoms with Crippen LogP contribution in [-0.4, -0.2) is 30.1 Å². The number of amides is 1. The first kappa shape index (κ1) is 15.3. The molecule has 1 aromatic rings. The van der Waals surface area contributed by atoms with Crippen molar-refractivity contribution in [3.63, 3.8) is 0 Å². The minimum absolute atomic E-state index is 0.238. The van der Waals surface area contributed by atoms with Crippen molar-refractivity contribution in [2.75, 3.05) is 13.2 Å². The highest BCUT2D eigenvalue weighted by atomic mass is 19.1. The molecule has 1 fully saturated rings. The van der Waals surface area contributed by atoms with Crippen LogP contribution in [0.3, 0.4) is 0 Å². The Balaban J connectivity index is 1.73. The van der Waals surface area contributed by atoms with Crippen LogP contribution in [0, 0.1) is 23.1 Å². The lowest BCUT2D eigenvalue weighted by molar-refractivity contribution is -0.140. The van der Waals surface area contributed by atoms with Gasteiger partial charge in [-0.05, 0) is 29.7 Å². The third kappa shape index (κ3) is 3.32. The quantitative estimate of drug-likeness (QED) is 0.783. The highest BCUT2D eigenvalue weighted by molar-refractivity contribution is 5.91. The summed E-state index contributed by atoms with van der Waals surface area (Å²) in [5.74, 6) is -2.17. The molecule has 1 aromatic carbocycles. The van der Waals surface area contributed by atoms with Crippen LogP contribution in [0.1, 0.15) is 13.8 Å². The summed E-state index contributed by atoms with van der Waals surface area (Å²) in [5.41, 5.74) is -0.506. The van der Waals surface area contributed by atoms with Crippen LogP contribution in [0.2, 0.25) is 0 Å². The molecule has 0 unspecified atom stereocenters. The molecule has 5 nitrogen and oxygen atoms in total. The lowest BCUT2D eigenvalue weighted by Crippen LogP contribution is -2.31. The Labute approximate surface area is 122 Å². The lowest BCUT2D eigenvalue weighted by atomic mass is 10.1. The van der Waals surface area contributed by atoms with Crippen LogP contribution < -0.4 is 10.1 Å². The summed E-state index contributed by atoms with van der Waals surface area (Å²) < 4.78 is 18.0. The maximum Gasteiger partial charge on any atom is 0.307 e. The van der Waals surface area contributed by atoms with E-state index >= 15 is 0 Å². The van der Waals surface area contributed by atoms with Gasteiger partial charge in [0, 0.05) is 0 Å². The van der Waals surface area contributed by atoms with Crippen LogP contribution in [0.25, 0.3) is 0 Å². The van der Waals surface area contributed by atoms with E-state index in [-0.39, 0.29) is 24.9 Å². The fourth-order valence-electron chi connectivity index (χ4n) is 2.57. The average molecular weight is 295 g/mol. The zero-order chi connectivity index (χ0) is 15.6. The van der Waals surface area contributed by atoms with Gasteiger partial charge in [0.2, 0.25) is 5.91 Å². The van der Waals surface area contributed by atoms with Crippen molar-refractivity contribution in [1.29, 1.82) is 0 Å². The van der Waals surface area contributed by atoms with Crippen molar-refractivity contribution < 1.29 is 23.8 Å². The van der Waals surface area contributed by atoms with Crippen molar-refractivity contribution in [3.05, 3.63) is 30.1 Å². The van der Waals surface area contributed by atoms with E-state index in [1.165, 1.54) is 24.3 Å². The third-order valence-corrected chi connectivity index (χ3v) is 3.86. The van der Waals surface area contributed by atoms with E-state index in [4.69, 9.17) is 9.84 Å². The van der Waals surface area contributed by atoms with Gasteiger partial charge in [-0.1, -0.05) is 13.8 Å². The Morgan fingerprint density at radius 1 is 1.29 bits per heavy atom. The third-order valence-electron chi connectivity index (χ3n) is 3.86. The zero-order valence-corrected chi connectivity index (χ0v) is 11.9. The summed E-state index contributed by atoms with van der Waals surface area (Å²) in [5, 5.41) is 11.7. The molecule has 114 valence electrons. The van der Waals surface area contributed by atoms with Crippen molar-refractivity contribution >= 4 is 11.9 Å². The molecular formula is C15H18FNO4. The number of benzene rings is 1. The molecule has 1 aliphatic rings. The second kappa shape index (κ2) is 5.71. The van der Waals surface area contributed by atoms with Gasteiger partial charge in [0.25, 0.3) is 0 Å². The Bertz CT molecular complexity index is 541. The molecule has 0 aliphatic heterocycles. The Morgan fingerprint density at radius 2 is 1.90 bits per heavy atom. The van der Waals surface area contributed by atoms with Crippen molar-refractivity contribution in [3.8, 4) is 5.75 Å². The molecule has 0 bridgehead atoms. The molecule has 0 heterocycles. The lowest BCUT2D eigenvalue weighted by Gasteiger charge is -2.08. The number of rotatable bonds is 6. The summed E-state index contributed by atoms with van der Waals surface area (Å²) in [7, 11) is 0. The first-order valence-corrected chi connectivity index (χ1v) is 6.73. The molecule has 1 amide bonds. The maximum absolute atomic E-state index is 12.7. The number of carboxylic acids is 1. The monoisotopic (exact) mass is 295 g/mol. The van der Waals surface area contributed by atoms with E-state index in [0.29, 0.717) is 5.75 Å². The van der Waals surface area contributed by atoms with E-state index in [1.54, 1.807) is 13.8 Å². The Hall–Kier alpha value is -2.11. The molecule has 6 heteroatoms. The van der Waals surface area contributed by atoms with Gasteiger partial charge in [0.05, 0.1) is 18.4 Å². The number of carbonyl (C=O) groups is 2. The number of carbonyl (C=O) groups excluding carboxylic acids is 1. The number of halogens is 1. The van der Waals surface area contributed by atoms with Crippen LogP contribution in [-0.2, 0) is 9.59 Å². The number of aliphatic carboxylic acids is 1. The van der Waals surface area contributed by atoms with E-state index in [1.807, 2.05) is 0 Å². The highest BCUT2D eigenvalue weighted by Gasteiger charge is 2.65. The van der Waals surface area contributed by atoms with Crippen LogP contribution in [0.4, 0.5) is 4.39 Å². The minimum Gasteiger partial charge on any atom is -0.492 e. The molecule has 2 atom stereocenters. The summed E-state index contributed by atoms with van der Waals surface area (Å²) in [6.07, 6.45) is 0.